The van der Waals surface area contributed by atoms with Crippen molar-refractivity contribution in [2.24, 2.45) is 11.8 Å². The quantitative estimate of drug-likeness (QED) is 0.740. The van der Waals surface area contributed by atoms with Crippen molar-refractivity contribution in [1.82, 2.24) is 0 Å². The van der Waals surface area contributed by atoms with Gasteiger partial charge in [0.15, 0.2) is 5.78 Å². The van der Waals surface area contributed by atoms with Crippen molar-refractivity contribution in [1.29, 1.82) is 0 Å². The highest BCUT2D eigenvalue weighted by Crippen LogP contribution is 2.42. The van der Waals surface area contributed by atoms with Gasteiger partial charge in [-0.3, -0.25) is 4.79 Å². The van der Waals surface area contributed by atoms with Crippen LogP contribution in [-0.2, 0) is 0 Å². The summed E-state index contributed by atoms with van der Waals surface area (Å²) < 4.78 is 0. The molecule has 0 heterocycles. The monoisotopic (exact) mass is 248 g/mol. The molecule has 1 saturated carbocycles. The molecular weight excluding hydrogens is 232 g/mol. The van der Waals surface area contributed by atoms with E-state index in [1.54, 1.807) is 0 Å². The van der Waals surface area contributed by atoms with E-state index in [0.717, 1.165) is 12.0 Å². The molecule has 0 N–H and O–H groups in total. The number of hydrogen-bond donors (Lipinski definition) is 0. The SMILES string of the molecule is O=C(c1ccccc1)[C@@H]1C[C@H]1/C=C/c1ccccc1. The van der Waals surface area contributed by atoms with Gasteiger partial charge in [-0.2, -0.15) is 0 Å². The molecule has 3 rings (SSSR count). The van der Waals surface area contributed by atoms with Crippen LogP contribution in [0.3, 0.4) is 0 Å². The fourth-order valence-electron chi connectivity index (χ4n) is 2.34. The van der Waals surface area contributed by atoms with Gasteiger partial charge in [0.05, 0.1) is 0 Å². The summed E-state index contributed by atoms with van der Waals surface area (Å²) in [6, 6.07) is 19.8. The summed E-state index contributed by atoms with van der Waals surface area (Å²) in [5, 5.41) is 0. The fourth-order valence-corrected chi connectivity index (χ4v) is 2.34. The van der Waals surface area contributed by atoms with Gasteiger partial charge >= 0.3 is 0 Å². The molecule has 2 atom stereocenters. The Morgan fingerprint density at radius 3 is 2.26 bits per heavy atom. The van der Waals surface area contributed by atoms with E-state index in [2.05, 4.69) is 24.3 Å². The molecule has 0 aliphatic heterocycles. The fraction of sp³-hybridized carbons (Fsp3) is 0.167. The van der Waals surface area contributed by atoms with Gasteiger partial charge in [0.25, 0.3) is 0 Å². The van der Waals surface area contributed by atoms with E-state index in [1.165, 1.54) is 5.56 Å². The highest BCUT2D eigenvalue weighted by Gasteiger charge is 2.40. The average Bonchev–Trinajstić information content (AvgIpc) is 3.26. The molecule has 0 aromatic heterocycles. The Balaban J connectivity index is 1.63. The van der Waals surface area contributed by atoms with Crippen molar-refractivity contribution in [3.63, 3.8) is 0 Å². The summed E-state index contributed by atoms with van der Waals surface area (Å²) in [5.74, 6) is 0.874. The summed E-state index contributed by atoms with van der Waals surface area (Å²) in [7, 11) is 0. The summed E-state index contributed by atoms with van der Waals surface area (Å²) >= 11 is 0. The summed E-state index contributed by atoms with van der Waals surface area (Å²) in [6.45, 7) is 0. The number of Topliss-reactive ketones (excluding diaryl/α,β-unsaturated/α-hetero) is 1. The van der Waals surface area contributed by atoms with Crippen LogP contribution in [0.5, 0.6) is 0 Å². The van der Waals surface area contributed by atoms with E-state index in [4.69, 9.17) is 0 Å². The normalized spacial score (nSPS) is 21.5. The first-order valence-electron chi connectivity index (χ1n) is 6.67. The van der Waals surface area contributed by atoms with Crippen LogP contribution in [0, 0.1) is 11.8 Å². The van der Waals surface area contributed by atoms with Gasteiger partial charge in [0.1, 0.15) is 0 Å². The largest absolute Gasteiger partial charge is 0.294 e. The molecule has 94 valence electrons. The van der Waals surface area contributed by atoms with Gasteiger partial charge in [-0.15, -0.1) is 0 Å². The molecule has 0 amide bonds. The number of carbonyl (C=O) groups excluding carboxylic acids is 1. The van der Waals surface area contributed by atoms with Crippen LogP contribution in [0.2, 0.25) is 0 Å². The highest BCUT2D eigenvalue weighted by atomic mass is 16.1. The molecule has 0 radical (unpaired) electrons. The maximum atomic E-state index is 12.2. The first-order chi connectivity index (χ1) is 9.34. The van der Waals surface area contributed by atoms with Crippen LogP contribution in [0.25, 0.3) is 6.08 Å². The Kier molecular flexibility index (Phi) is 3.28. The Morgan fingerprint density at radius 2 is 1.58 bits per heavy atom. The summed E-state index contributed by atoms with van der Waals surface area (Å²) in [6.07, 6.45) is 5.26. The minimum absolute atomic E-state index is 0.183. The first-order valence-corrected chi connectivity index (χ1v) is 6.67. The molecule has 2 aromatic carbocycles. The molecule has 19 heavy (non-hydrogen) atoms. The lowest BCUT2D eigenvalue weighted by atomic mass is 10.1. The molecule has 2 aromatic rings. The molecule has 1 aliphatic carbocycles. The number of hydrogen-bond acceptors (Lipinski definition) is 1. The predicted octanol–water partition coefficient (Wildman–Crippen LogP) is 4.22. The van der Waals surface area contributed by atoms with Gasteiger partial charge in [-0.25, -0.2) is 0 Å². The third-order valence-corrected chi connectivity index (χ3v) is 3.57. The Bertz CT molecular complexity index is 584. The van der Waals surface area contributed by atoms with Crippen molar-refractivity contribution >= 4 is 11.9 Å². The zero-order valence-electron chi connectivity index (χ0n) is 10.7. The minimum atomic E-state index is 0.183. The molecule has 1 fully saturated rings. The van der Waals surface area contributed by atoms with Crippen LogP contribution in [0.15, 0.2) is 66.7 Å². The third kappa shape index (κ3) is 2.82. The molecule has 1 nitrogen and oxygen atoms in total. The molecule has 0 unspecified atom stereocenters. The van der Waals surface area contributed by atoms with Gasteiger partial charge in [0, 0.05) is 11.5 Å². The minimum Gasteiger partial charge on any atom is -0.294 e. The second-order valence-electron chi connectivity index (χ2n) is 5.01. The Hall–Kier alpha value is -2.15. The van der Waals surface area contributed by atoms with Crippen LogP contribution < -0.4 is 0 Å². The maximum Gasteiger partial charge on any atom is 0.166 e. The lowest BCUT2D eigenvalue weighted by molar-refractivity contribution is 0.0964. The van der Waals surface area contributed by atoms with Gasteiger partial charge in [0.2, 0.25) is 0 Å². The van der Waals surface area contributed by atoms with E-state index < -0.39 is 0 Å². The van der Waals surface area contributed by atoms with Gasteiger partial charge in [-0.05, 0) is 17.9 Å². The molecule has 1 aliphatic rings. The van der Waals surface area contributed by atoms with Crippen LogP contribution >= 0.6 is 0 Å². The van der Waals surface area contributed by atoms with Gasteiger partial charge < -0.3 is 0 Å². The third-order valence-electron chi connectivity index (χ3n) is 3.57. The predicted molar refractivity (Wildman–Crippen MR) is 77.8 cm³/mol. The molecule has 0 bridgehead atoms. The number of carbonyl (C=O) groups is 1. The van der Waals surface area contributed by atoms with Crippen LogP contribution in [0.4, 0.5) is 0 Å². The van der Waals surface area contributed by atoms with E-state index in [1.807, 2.05) is 48.5 Å². The van der Waals surface area contributed by atoms with Gasteiger partial charge in [-0.1, -0.05) is 72.8 Å². The van der Waals surface area contributed by atoms with Crippen LogP contribution in [-0.4, -0.2) is 5.78 Å². The molecule has 0 spiro atoms. The number of allylic oxidation sites excluding steroid dienone is 1. The molecular formula is C18H16O. The summed E-state index contributed by atoms with van der Waals surface area (Å²) in [4.78, 5) is 12.2. The summed E-state index contributed by atoms with van der Waals surface area (Å²) in [5.41, 5.74) is 2.03. The number of benzene rings is 2. The Morgan fingerprint density at radius 1 is 0.947 bits per heavy atom. The molecule has 1 heteroatoms. The van der Waals surface area contributed by atoms with E-state index in [0.29, 0.717) is 5.92 Å². The lowest BCUT2D eigenvalue weighted by Gasteiger charge is -1.97. The average molecular weight is 248 g/mol. The zero-order chi connectivity index (χ0) is 13.1. The van der Waals surface area contributed by atoms with E-state index in [-0.39, 0.29) is 11.7 Å². The lowest BCUT2D eigenvalue weighted by Crippen LogP contribution is -2.02. The van der Waals surface area contributed by atoms with Crippen molar-refractivity contribution in [2.75, 3.05) is 0 Å². The second kappa shape index (κ2) is 5.23. The van der Waals surface area contributed by atoms with Crippen molar-refractivity contribution in [3.05, 3.63) is 77.9 Å². The van der Waals surface area contributed by atoms with Crippen molar-refractivity contribution in [3.8, 4) is 0 Å². The van der Waals surface area contributed by atoms with Crippen molar-refractivity contribution < 1.29 is 4.79 Å². The Labute approximate surface area is 113 Å². The van der Waals surface area contributed by atoms with Crippen LogP contribution in [0.1, 0.15) is 22.3 Å². The zero-order valence-corrected chi connectivity index (χ0v) is 10.7. The van der Waals surface area contributed by atoms with Crippen molar-refractivity contribution in [2.45, 2.75) is 6.42 Å². The number of ketones is 1. The standard InChI is InChI=1S/C18H16O/c19-18(15-9-5-2-6-10-15)17-13-16(17)12-11-14-7-3-1-4-8-14/h1-12,16-17H,13H2/b12-11+/t16-,17-/m1/s1. The molecule has 0 saturated heterocycles. The first kappa shape index (κ1) is 11.9. The maximum absolute atomic E-state index is 12.2. The van der Waals surface area contributed by atoms with E-state index in [9.17, 15) is 4.79 Å². The van der Waals surface area contributed by atoms with E-state index >= 15 is 0 Å². The smallest absolute Gasteiger partial charge is 0.166 e. The highest BCUT2D eigenvalue weighted by molar-refractivity contribution is 5.99. The number of rotatable bonds is 4. The topological polar surface area (TPSA) is 17.1 Å². The second-order valence-corrected chi connectivity index (χ2v) is 5.01.